The molecule has 0 aliphatic rings. The van der Waals surface area contributed by atoms with Crippen molar-refractivity contribution in [1.82, 2.24) is 5.32 Å². The van der Waals surface area contributed by atoms with Crippen LogP contribution in [-0.4, -0.2) is 11.0 Å². The van der Waals surface area contributed by atoms with Crippen LogP contribution in [0.2, 0.25) is 0 Å². The molecule has 2 heterocycles. The van der Waals surface area contributed by atoms with E-state index >= 15 is 0 Å². The fourth-order valence-corrected chi connectivity index (χ4v) is 3.79. The molecule has 1 amide bonds. The number of hydrogen-bond acceptors (Lipinski definition) is 4. The molecular formula is C17H14FNO2S2. The molecular weight excluding hydrogens is 333 g/mol. The third kappa shape index (κ3) is 3.67. The van der Waals surface area contributed by atoms with Gasteiger partial charge in [0, 0.05) is 9.75 Å². The predicted molar refractivity (Wildman–Crippen MR) is 90.3 cm³/mol. The maximum Gasteiger partial charge on any atom is 0.254 e. The highest BCUT2D eigenvalue weighted by Gasteiger charge is 2.14. The monoisotopic (exact) mass is 347 g/mol. The molecule has 3 aromatic rings. The molecule has 2 aromatic heterocycles. The van der Waals surface area contributed by atoms with Gasteiger partial charge in [-0.15, -0.1) is 11.3 Å². The number of thiophene rings is 2. The number of nitrogens with one attached hydrogen (secondary N) is 1. The number of benzene rings is 1. The van der Waals surface area contributed by atoms with Crippen molar-refractivity contribution in [2.75, 3.05) is 0 Å². The van der Waals surface area contributed by atoms with Crippen molar-refractivity contribution in [2.45, 2.75) is 12.6 Å². The fourth-order valence-electron chi connectivity index (χ4n) is 2.14. The van der Waals surface area contributed by atoms with Gasteiger partial charge in [-0.25, -0.2) is 4.39 Å². The Morgan fingerprint density at radius 1 is 1.22 bits per heavy atom. The van der Waals surface area contributed by atoms with Crippen LogP contribution in [0.5, 0.6) is 0 Å². The van der Waals surface area contributed by atoms with E-state index in [1.807, 2.05) is 29.0 Å². The van der Waals surface area contributed by atoms with Crippen LogP contribution in [0.4, 0.5) is 4.39 Å². The molecule has 0 saturated heterocycles. The summed E-state index contributed by atoms with van der Waals surface area (Å²) in [5.41, 5.74) is 0.890. The fraction of sp³-hybridized carbons (Fsp3) is 0.118. The van der Waals surface area contributed by atoms with Gasteiger partial charge in [0.2, 0.25) is 0 Å². The Morgan fingerprint density at radius 3 is 2.78 bits per heavy atom. The summed E-state index contributed by atoms with van der Waals surface area (Å²) in [6, 6.07) is 11.5. The minimum absolute atomic E-state index is 0.0302. The van der Waals surface area contributed by atoms with E-state index in [-0.39, 0.29) is 5.56 Å². The Morgan fingerprint density at radius 2 is 2.04 bits per heavy atom. The molecule has 6 heteroatoms. The largest absolute Gasteiger partial charge is 0.383 e. The van der Waals surface area contributed by atoms with Gasteiger partial charge in [0.1, 0.15) is 11.9 Å². The van der Waals surface area contributed by atoms with Gasteiger partial charge in [-0.2, -0.15) is 11.3 Å². The first-order valence-electron chi connectivity index (χ1n) is 6.96. The molecule has 0 unspecified atom stereocenters. The van der Waals surface area contributed by atoms with Crippen molar-refractivity contribution >= 4 is 28.6 Å². The summed E-state index contributed by atoms with van der Waals surface area (Å²) in [7, 11) is 0. The second-order valence-electron chi connectivity index (χ2n) is 4.93. The first-order valence-corrected chi connectivity index (χ1v) is 8.72. The lowest BCUT2D eigenvalue weighted by atomic mass is 10.2. The van der Waals surface area contributed by atoms with E-state index in [2.05, 4.69) is 5.32 Å². The first-order chi connectivity index (χ1) is 11.1. The average molecular weight is 347 g/mol. The van der Waals surface area contributed by atoms with Crippen LogP contribution in [0.1, 0.15) is 31.8 Å². The third-order valence-electron chi connectivity index (χ3n) is 3.35. The summed E-state index contributed by atoms with van der Waals surface area (Å²) in [5.74, 6) is -0.985. The average Bonchev–Trinajstić information content (AvgIpc) is 3.24. The van der Waals surface area contributed by atoms with Crippen LogP contribution in [0.15, 0.2) is 53.2 Å². The molecule has 0 radical (unpaired) electrons. The number of aliphatic hydroxyl groups excluding tert-OH is 1. The molecule has 23 heavy (non-hydrogen) atoms. The highest BCUT2D eigenvalue weighted by Crippen LogP contribution is 2.29. The van der Waals surface area contributed by atoms with E-state index in [0.717, 1.165) is 15.3 Å². The van der Waals surface area contributed by atoms with Crippen LogP contribution in [0.25, 0.3) is 0 Å². The van der Waals surface area contributed by atoms with E-state index in [4.69, 9.17) is 0 Å². The smallest absolute Gasteiger partial charge is 0.254 e. The second kappa shape index (κ2) is 7.04. The maximum absolute atomic E-state index is 13.5. The lowest BCUT2D eigenvalue weighted by Gasteiger charge is -2.06. The van der Waals surface area contributed by atoms with E-state index in [1.165, 1.54) is 34.8 Å². The molecule has 0 aliphatic heterocycles. The Kier molecular flexibility index (Phi) is 4.85. The Labute approximate surface area is 141 Å². The molecule has 0 bridgehead atoms. The van der Waals surface area contributed by atoms with Gasteiger partial charge in [-0.1, -0.05) is 12.1 Å². The zero-order valence-electron chi connectivity index (χ0n) is 12.0. The zero-order valence-corrected chi connectivity index (χ0v) is 13.7. The quantitative estimate of drug-likeness (QED) is 0.734. The summed E-state index contributed by atoms with van der Waals surface area (Å²) < 4.78 is 13.5. The lowest BCUT2D eigenvalue weighted by Crippen LogP contribution is -2.23. The number of hydrogen-bond donors (Lipinski definition) is 2. The van der Waals surface area contributed by atoms with Crippen LogP contribution in [-0.2, 0) is 6.54 Å². The maximum atomic E-state index is 13.5. The molecule has 0 fully saturated rings. The number of carbonyl (C=O) groups is 1. The van der Waals surface area contributed by atoms with Crippen molar-refractivity contribution in [1.29, 1.82) is 0 Å². The number of rotatable bonds is 5. The number of carbonyl (C=O) groups excluding carboxylic acids is 1. The predicted octanol–water partition coefficient (Wildman–Crippen LogP) is 3.96. The van der Waals surface area contributed by atoms with Crippen molar-refractivity contribution < 1.29 is 14.3 Å². The summed E-state index contributed by atoms with van der Waals surface area (Å²) in [6.45, 7) is 0.300. The summed E-state index contributed by atoms with van der Waals surface area (Å²) in [6.07, 6.45) is -0.651. The van der Waals surface area contributed by atoms with Gasteiger partial charge in [0.15, 0.2) is 0 Å². The molecule has 1 aromatic carbocycles. The standard InChI is InChI=1S/C17H14FNO2S2/c18-14-4-2-1-3-13(14)17(21)19-9-12-5-6-15(23-12)16(20)11-7-8-22-10-11/h1-8,10,16,20H,9H2,(H,19,21)/t16-/m1/s1. The summed E-state index contributed by atoms with van der Waals surface area (Å²) >= 11 is 2.96. The number of amides is 1. The van der Waals surface area contributed by atoms with Crippen molar-refractivity contribution in [2.24, 2.45) is 0 Å². The molecule has 1 atom stereocenters. The van der Waals surface area contributed by atoms with Crippen molar-refractivity contribution in [3.63, 3.8) is 0 Å². The van der Waals surface area contributed by atoms with E-state index in [1.54, 1.807) is 12.1 Å². The Bertz CT molecular complexity index is 799. The van der Waals surface area contributed by atoms with Gasteiger partial charge < -0.3 is 10.4 Å². The first kappa shape index (κ1) is 15.9. The lowest BCUT2D eigenvalue weighted by molar-refractivity contribution is 0.0947. The molecule has 0 saturated carbocycles. The van der Waals surface area contributed by atoms with Crippen LogP contribution in [0, 0.1) is 5.82 Å². The minimum atomic E-state index is -0.651. The summed E-state index contributed by atoms with van der Waals surface area (Å²) in [4.78, 5) is 13.7. The second-order valence-corrected chi connectivity index (χ2v) is 6.91. The minimum Gasteiger partial charge on any atom is -0.383 e. The van der Waals surface area contributed by atoms with Crippen molar-refractivity contribution in [3.8, 4) is 0 Å². The zero-order chi connectivity index (χ0) is 16.2. The topological polar surface area (TPSA) is 49.3 Å². The molecule has 0 spiro atoms. The molecule has 0 aliphatic carbocycles. The van der Waals surface area contributed by atoms with E-state index in [9.17, 15) is 14.3 Å². The van der Waals surface area contributed by atoms with Crippen LogP contribution in [0.3, 0.4) is 0 Å². The Hall–Kier alpha value is -2.02. The van der Waals surface area contributed by atoms with Gasteiger partial charge in [-0.05, 0) is 46.7 Å². The number of aliphatic hydroxyl groups is 1. The van der Waals surface area contributed by atoms with Crippen LogP contribution < -0.4 is 5.32 Å². The Balaban J connectivity index is 1.64. The van der Waals surface area contributed by atoms with Gasteiger partial charge in [0.25, 0.3) is 5.91 Å². The molecule has 2 N–H and O–H groups in total. The SMILES string of the molecule is O=C(NCc1ccc([C@H](O)c2ccsc2)s1)c1ccccc1F. The van der Waals surface area contributed by atoms with E-state index < -0.39 is 17.8 Å². The highest BCUT2D eigenvalue weighted by molar-refractivity contribution is 7.12. The normalized spacial score (nSPS) is 12.1. The van der Waals surface area contributed by atoms with Gasteiger partial charge >= 0.3 is 0 Å². The third-order valence-corrected chi connectivity index (χ3v) is 5.19. The molecule has 118 valence electrons. The number of halogens is 1. The van der Waals surface area contributed by atoms with Gasteiger partial charge in [0.05, 0.1) is 12.1 Å². The van der Waals surface area contributed by atoms with Gasteiger partial charge in [-0.3, -0.25) is 4.79 Å². The van der Waals surface area contributed by atoms with Crippen LogP contribution >= 0.6 is 22.7 Å². The van der Waals surface area contributed by atoms with E-state index in [0.29, 0.717) is 6.54 Å². The molecule has 3 nitrogen and oxygen atoms in total. The van der Waals surface area contributed by atoms with Crippen molar-refractivity contribution in [3.05, 3.63) is 79.9 Å². The molecule has 3 rings (SSSR count). The highest BCUT2D eigenvalue weighted by atomic mass is 32.1. The summed E-state index contributed by atoms with van der Waals surface area (Å²) in [5, 5.41) is 16.8.